The monoisotopic (exact) mass is 570 g/mol. The van der Waals surface area contributed by atoms with Gasteiger partial charge in [0.15, 0.2) is 0 Å². The summed E-state index contributed by atoms with van der Waals surface area (Å²) in [6.45, 7) is -0.315. The van der Waals surface area contributed by atoms with Crippen molar-refractivity contribution in [1.29, 1.82) is 0 Å². The lowest BCUT2D eigenvalue weighted by Gasteiger charge is -2.48. The van der Waals surface area contributed by atoms with Crippen LogP contribution in [-0.2, 0) is 16.2 Å². The number of benzene rings is 2. The van der Waals surface area contributed by atoms with Gasteiger partial charge in [-0.1, -0.05) is 54.8 Å². The third kappa shape index (κ3) is 5.75. The highest BCUT2D eigenvalue weighted by molar-refractivity contribution is 7.10. The van der Waals surface area contributed by atoms with Gasteiger partial charge in [-0.25, -0.2) is 5.48 Å². The minimum atomic E-state index is -0.970. The molecule has 1 aromatic heterocycles. The summed E-state index contributed by atoms with van der Waals surface area (Å²) in [7, 11) is 0. The molecule has 2 heterocycles. The highest BCUT2D eigenvalue weighted by Crippen LogP contribution is 2.46. The number of nitrogens with zero attached hydrogens (tertiary/aromatic N) is 1. The van der Waals surface area contributed by atoms with Gasteiger partial charge in [-0.15, -0.1) is 11.3 Å². The first kappa shape index (κ1) is 27.8. The van der Waals surface area contributed by atoms with Crippen molar-refractivity contribution in [3.05, 3.63) is 92.1 Å². The summed E-state index contributed by atoms with van der Waals surface area (Å²) in [6.07, 6.45) is 1.35. The van der Waals surface area contributed by atoms with Gasteiger partial charge in [-0.05, 0) is 59.2 Å². The zero-order chi connectivity index (χ0) is 27.5. The number of carbonyl (C=O) groups excluding carboxylic acids is 2. The van der Waals surface area contributed by atoms with Crippen molar-refractivity contribution in [2.24, 2.45) is 0 Å². The van der Waals surface area contributed by atoms with Gasteiger partial charge in [0, 0.05) is 15.5 Å². The van der Waals surface area contributed by atoms with Crippen LogP contribution < -0.4 is 5.48 Å². The van der Waals surface area contributed by atoms with Crippen molar-refractivity contribution in [2.45, 2.75) is 62.5 Å². The van der Waals surface area contributed by atoms with E-state index < -0.39 is 36.1 Å². The molecule has 2 aromatic carbocycles. The largest absolute Gasteiger partial charge is 0.393 e. The number of fused-ring (bicyclic) bond motifs is 1. The van der Waals surface area contributed by atoms with Crippen molar-refractivity contribution in [3.63, 3.8) is 0 Å². The zero-order valence-electron chi connectivity index (χ0n) is 21.2. The molecule has 2 amide bonds. The Kier molecular flexibility index (Phi) is 8.66. The number of aliphatic hydroxyl groups excluding tert-OH is 3. The lowest BCUT2D eigenvalue weighted by Crippen LogP contribution is -2.55. The Labute approximate surface area is 235 Å². The molecule has 4 N–H and O–H groups in total. The van der Waals surface area contributed by atoms with Crippen LogP contribution in [0.4, 0.5) is 0 Å². The Balaban J connectivity index is 1.48. The van der Waals surface area contributed by atoms with Crippen molar-refractivity contribution >= 4 is 34.8 Å². The predicted octanol–water partition coefficient (Wildman–Crippen LogP) is 4.26. The molecule has 1 saturated carbocycles. The number of thiophene rings is 1. The highest BCUT2D eigenvalue weighted by atomic mass is 35.5. The molecule has 0 bridgehead atoms. The smallest absolute Gasteiger partial charge is 0.255 e. The van der Waals surface area contributed by atoms with Crippen molar-refractivity contribution in [1.82, 2.24) is 10.4 Å². The number of halogens is 1. The van der Waals surface area contributed by atoms with Crippen LogP contribution in [0.25, 0.3) is 0 Å². The van der Waals surface area contributed by atoms with Crippen LogP contribution in [-0.4, -0.2) is 50.8 Å². The second-order valence-corrected chi connectivity index (χ2v) is 11.4. The maximum absolute atomic E-state index is 14.0. The molecule has 0 spiro atoms. The standard InChI is InChI=1S/C29H31ClN2O6S/c30-19-11-9-17(10-12-19)27-26(28(36)31-38-15-20-13-18(16-39-20)25(35)14-33)21-5-1-2-6-22(21)29(37)32(27)23-7-3-4-8-24(23)34/h1-2,5-6,9-13,16,23-27,33-35H,3-4,7-8,14-15H2,(H,31,36)/t23-,24-,25?,26+,27-/m0/s1. The van der Waals surface area contributed by atoms with Gasteiger partial charge < -0.3 is 20.2 Å². The molecule has 1 fully saturated rings. The van der Waals surface area contributed by atoms with Crippen LogP contribution in [0.2, 0.25) is 5.02 Å². The van der Waals surface area contributed by atoms with Gasteiger partial charge in [0.05, 0.1) is 30.7 Å². The fraction of sp³-hybridized carbons (Fsp3) is 0.379. The van der Waals surface area contributed by atoms with Gasteiger partial charge >= 0.3 is 0 Å². The number of amides is 2. The van der Waals surface area contributed by atoms with Crippen LogP contribution >= 0.6 is 22.9 Å². The predicted molar refractivity (Wildman–Crippen MR) is 147 cm³/mol. The quantitative estimate of drug-likeness (QED) is 0.301. The average Bonchev–Trinajstić information content (AvgIpc) is 3.42. The summed E-state index contributed by atoms with van der Waals surface area (Å²) >= 11 is 7.52. The fourth-order valence-electron chi connectivity index (χ4n) is 5.63. The molecule has 1 aliphatic heterocycles. The molecule has 3 aromatic rings. The minimum Gasteiger partial charge on any atom is -0.393 e. The second-order valence-electron chi connectivity index (χ2n) is 9.99. The molecular formula is C29H31ClN2O6S. The zero-order valence-corrected chi connectivity index (χ0v) is 22.8. The summed E-state index contributed by atoms with van der Waals surface area (Å²) in [5.74, 6) is -1.43. The lowest BCUT2D eigenvalue weighted by molar-refractivity contribution is -0.138. The SMILES string of the molecule is O=C(NOCc1cc(C(O)CO)cs1)[C@@H]1c2ccccc2C(=O)N([C@H]2CCCC[C@@H]2O)[C@H]1c1ccc(Cl)cc1. The number of aliphatic hydroxyl groups is 3. The van der Waals surface area contributed by atoms with Crippen LogP contribution in [0.15, 0.2) is 60.0 Å². The Hall–Kier alpha value is -2.79. The van der Waals surface area contributed by atoms with E-state index in [1.807, 2.05) is 12.1 Å². The number of nitrogens with one attached hydrogen (secondary N) is 1. The lowest BCUT2D eigenvalue weighted by atomic mass is 9.77. The molecule has 39 heavy (non-hydrogen) atoms. The molecule has 2 aliphatic rings. The van der Waals surface area contributed by atoms with E-state index in [1.165, 1.54) is 11.3 Å². The number of hydrogen-bond donors (Lipinski definition) is 4. The summed E-state index contributed by atoms with van der Waals surface area (Å²) in [6, 6.07) is 14.8. The van der Waals surface area contributed by atoms with Gasteiger partial charge in [-0.2, -0.15) is 0 Å². The summed E-state index contributed by atoms with van der Waals surface area (Å²) in [5.41, 5.74) is 4.93. The first-order valence-corrected chi connectivity index (χ1v) is 14.3. The van der Waals surface area contributed by atoms with Crippen LogP contribution in [0.3, 0.4) is 0 Å². The number of hydroxylamine groups is 1. The number of hydrogen-bond acceptors (Lipinski definition) is 7. The van der Waals surface area contributed by atoms with Crippen molar-refractivity contribution in [2.75, 3.05) is 6.61 Å². The Morgan fingerprint density at radius 3 is 2.64 bits per heavy atom. The van der Waals surface area contributed by atoms with Crippen molar-refractivity contribution < 1.29 is 29.7 Å². The van der Waals surface area contributed by atoms with E-state index in [0.29, 0.717) is 34.6 Å². The van der Waals surface area contributed by atoms with E-state index in [2.05, 4.69) is 5.48 Å². The highest BCUT2D eigenvalue weighted by Gasteiger charge is 2.48. The molecule has 5 atom stereocenters. The average molecular weight is 571 g/mol. The maximum Gasteiger partial charge on any atom is 0.255 e. The minimum absolute atomic E-state index is 0.0680. The number of carbonyl (C=O) groups is 2. The number of rotatable bonds is 8. The summed E-state index contributed by atoms with van der Waals surface area (Å²) in [5, 5.41) is 32.2. The van der Waals surface area contributed by atoms with E-state index in [4.69, 9.17) is 16.4 Å². The third-order valence-corrected chi connectivity index (χ3v) is 8.72. The molecule has 0 saturated heterocycles. The van der Waals surface area contributed by atoms with E-state index >= 15 is 0 Å². The van der Waals surface area contributed by atoms with Gasteiger partial charge in [0.2, 0.25) is 0 Å². The Bertz CT molecular complexity index is 1320. The Morgan fingerprint density at radius 1 is 1.15 bits per heavy atom. The van der Waals surface area contributed by atoms with Gasteiger partial charge in [0.1, 0.15) is 12.7 Å². The molecule has 1 unspecified atom stereocenters. The summed E-state index contributed by atoms with van der Waals surface area (Å²) < 4.78 is 0. The van der Waals surface area contributed by atoms with Crippen molar-refractivity contribution in [3.8, 4) is 0 Å². The third-order valence-electron chi connectivity index (χ3n) is 7.54. The maximum atomic E-state index is 14.0. The second kappa shape index (κ2) is 12.2. The molecule has 206 valence electrons. The van der Waals surface area contributed by atoms with E-state index in [1.54, 1.807) is 52.7 Å². The molecule has 1 aliphatic carbocycles. The van der Waals surface area contributed by atoms with E-state index in [0.717, 1.165) is 23.3 Å². The van der Waals surface area contributed by atoms with Crippen LogP contribution in [0.1, 0.15) is 75.7 Å². The van der Waals surface area contributed by atoms with E-state index in [9.17, 15) is 24.9 Å². The van der Waals surface area contributed by atoms with Gasteiger partial charge in [-0.3, -0.25) is 14.4 Å². The Morgan fingerprint density at radius 2 is 1.90 bits per heavy atom. The topological polar surface area (TPSA) is 119 Å². The molecule has 0 radical (unpaired) electrons. The molecule has 5 rings (SSSR count). The fourth-order valence-corrected chi connectivity index (χ4v) is 6.59. The summed E-state index contributed by atoms with van der Waals surface area (Å²) in [4.78, 5) is 35.9. The first-order chi connectivity index (χ1) is 18.9. The van der Waals surface area contributed by atoms with Crippen LogP contribution in [0.5, 0.6) is 0 Å². The normalized spacial score (nSPS) is 23.8. The molecule has 8 nitrogen and oxygen atoms in total. The van der Waals surface area contributed by atoms with Gasteiger partial charge in [0.25, 0.3) is 11.8 Å². The first-order valence-electron chi connectivity index (χ1n) is 13.0. The van der Waals surface area contributed by atoms with E-state index in [-0.39, 0.29) is 19.1 Å². The van der Waals surface area contributed by atoms with Crippen LogP contribution in [0, 0.1) is 0 Å². The molecular weight excluding hydrogens is 540 g/mol. The molecule has 10 heteroatoms.